The summed E-state index contributed by atoms with van der Waals surface area (Å²) < 4.78 is 21.8. The van der Waals surface area contributed by atoms with Crippen molar-refractivity contribution in [2.24, 2.45) is 0 Å². The van der Waals surface area contributed by atoms with E-state index >= 15 is 0 Å². The predicted molar refractivity (Wildman–Crippen MR) is 31.0 cm³/mol. The summed E-state index contributed by atoms with van der Waals surface area (Å²) in [4.78, 5) is 0. The van der Waals surface area contributed by atoms with E-state index in [1.165, 1.54) is 4.31 Å². The first kappa shape index (κ1) is 6.32. The Morgan fingerprint density at radius 1 is 1.38 bits per heavy atom. The highest BCUT2D eigenvalue weighted by atomic mass is 35.7. The molecule has 1 aliphatic rings. The topological polar surface area (TPSA) is 37.4 Å². The van der Waals surface area contributed by atoms with Gasteiger partial charge in [0.25, 0.3) is 9.24 Å². The van der Waals surface area contributed by atoms with Crippen molar-refractivity contribution in [3.8, 4) is 0 Å². The van der Waals surface area contributed by atoms with Gasteiger partial charge in [-0.1, -0.05) is 0 Å². The van der Waals surface area contributed by atoms with E-state index in [0.29, 0.717) is 13.1 Å². The molecular weight excluding hydrogens is 150 g/mol. The lowest BCUT2D eigenvalue weighted by atomic mass is 10.3. The maximum absolute atomic E-state index is 10.3. The molecule has 1 saturated heterocycles. The second kappa shape index (κ2) is 1.86. The van der Waals surface area contributed by atoms with Gasteiger partial charge in [0, 0.05) is 23.8 Å². The van der Waals surface area contributed by atoms with Crippen LogP contribution in [0.4, 0.5) is 0 Å². The van der Waals surface area contributed by atoms with Crippen LogP contribution in [0.5, 0.6) is 0 Å². The third kappa shape index (κ3) is 1.13. The van der Waals surface area contributed by atoms with Gasteiger partial charge in [0.2, 0.25) is 0 Å². The van der Waals surface area contributed by atoms with E-state index in [-0.39, 0.29) is 0 Å². The van der Waals surface area contributed by atoms with Gasteiger partial charge >= 0.3 is 0 Å². The van der Waals surface area contributed by atoms with Gasteiger partial charge in [0.15, 0.2) is 0 Å². The molecule has 0 N–H and O–H groups in total. The van der Waals surface area contributed by atoms with Crippen LogP contribution in [0, 0.1) is 0 Å². The molecule has 0 amide bonds. The monoisotopic (exact) mass is 155 g/mol. The number of nitrogens with zero attached hydrogens (tertiary/aromatic N) is 1. The molecule has 0 spiro atoms. The molecule has 0 bridgehead atoms. The molecule has 0 aromatic rings. The second-order valence-corrected chi connectivity index (χ2v) is 4.21. The largest absolute Gasteiger partial charge is 0.299 e. The highest BCUT2D eigenvalue weighted by molar-refractivity contribution is 8.11. The van der Waals surface area contributed by atoms with Crippen LogP contribution in [-0.2, 0) is 9.24 Å². The Kier molecular flexibility index (Phi) is 1.47. The first-order valence-corrected chi connectivity index (χ1v) is 4.57. The average Bonchev–Trinajstić information content (AvgIpc) is 1.16. The number of halogens is 1. The zero-order valence-corrected chi connectivity index (χ0v) is 5.74. The molecule has 0 aliphatic carbocycles. The fourth-order valence-corrected chi connectivity index (χ4v) is 1.61. The minimum absolute atomic E-state index is 0.589. The lowest BCUT2D eigenvalue weighted by molar-refractivity contribution is 0.316. The third-order valence-corrected chi connectivity index (χ3v) is 2.69. The maximum Gasteiger partial charge on any atom is 0.299 e. The van der Waals surface area contributed by atoms with E-state index < -0.39 is 9.24 Å². The van der Waals surface area contributed by atoms with Gasteiger partial charge in [-0.15, -0.1) is 0 Å². The van der Waals surface area contributed by atoms with E-state index in [4.69, 9.17) is 10.7 Å². The minimum Gasteiger partial charge on any atom is -0.195 e. The van der Waals surface area contributed by atoms with Crippen LogP contribution in [-0.4, -0.2) is 25.8 Å². The molecule has 1 aliphatic heterocycles. The predicted octanol–water partition coefficient (Wildman–Crippen LogP) is 0.176. The Morgan fingerprint density at radius 2 is 1.88 bits per heavy atom. The molecule has 1 rings (SSSR count). The van der Waals surface area contributed by atoms with Crippen LogP contribution < -0.4 is 0 Å². The molecule has 5 heteroatoms. The Balaban J connectivity index is 2.60. The summed E-state index contributed by atoms with van der Waals surface area (Å²) in [5, 5.41) is 0. The highest BCUT2D eigenvalue weighted by Crippen LogP contribution is 2.14. The molecule has 1 heterocycles. The molecule has 1 fully saturated rings. The Bertz CT molecular complexity index is 172. The quantitative estimate of drug-likeness (QED) is 0.507. The SMILES string of the molecule is O=S(=O)(Cl)N1CCC1. The zero-order chi connectivity index (χ0) is 6.20. The van der Waals surface area contributed by atoms with Crippen LogP contribution in [0.3, 0.4) is 0 Å². The van der Waals surface area contributed by atoms with Crippen molar-refractivity contribution in [3.63, 3.8) is 0 Å². The van der Waals surface area contributed by atoms with E-state index in [0.717, 1.165) is 6.42 Å². The molecule has 8 heavy (non-hydrogen) atoms. The van der Waals surface area contributed by atoms with Crippen LogP contribution in [0.25, 0.3) is 0 Å². The van der Waals surface area contributed by atoms with Gasteiger partial charge < -0.3 is 0 Å². The van der Waals surface area contributed by atoms with Gasteiger partial charge in [-0.05, 0) is 6.42 Å². The van der Waals surface area contributed by atoms with Crippen molar-refractivity contribution in [3.05, 3.63) is 0 Å². The van der Waals surface area contributed by atoms with Crippen LogP contribution >= 0.6 is 10.7 Å². The fourth-order valence-electron chi connectivity index (χ4n) is 0.505. The van der Waals surface area contributed by atoms with Gasteiger partial charge in [0.1, 0.15) is 0 Å². The third-order valence-electron chi connectivity index (χ3n) is 1.12. The first-order valence-electron chi connectivity index (χ1n) is 2.30. The van der Waals surface area contributed by atoms with Gasteiger partial charge in [-0.3, -0.25) is 0 Å². The molecule has 0 aromatic carbocycles. The summed E-state index contributed by atoms with van der Waals surface area (Å²) in [5.74, 6) is 0. The van der Waals surface area contributed by atoms with E-state index in [2.05, 4.69) is 0 Å². The summed E-state index contributed by atoms with van der Waals surface area (Å²) in [5.41, 5.74) is 0. The summed E-state index contributed by atoms with van der Waals surface area (Å²) >= 11 is 0. The molecule has 0 radical (unpaired) electrons. The van der Waals surface area contributed by atoms with Crippen molar-refractivity contribution in [2.75, 3.05) is 13.1 Å². The number of hydrogen-bond donors (Lipinski definition) is 0. The van der Waals surface area contributed by atoms with Crippen molar-refractivity contribution in [2.45, 2.75) is 6.42 Å². The summed E-state index contributed by atoms with van der Waals surface area (Å²) in [7, 11) is 1.57. The smallest absolute Gasteiger partial charge is 0.195 e. The number of hydrogen-bond acceptors (Lipinski definition) is 2. The van der Waals surface area contributed by atoms with Crippen LogP contribution in [0.1, 0.15) is 6.42 Å². The molecule has 0 aromatic heterocycles. The Hall–Kier alpha value is 0.200. The highest BCUT2D eigenvalue weighted by Gasteiger charge is 2.24. The van der Waals surface area contributed by atoms with E-state index in [1.54, 1.807) is 0 Å². The zero-order valence-electron chi connectivity index (χ0n) is 4.17. The summed E-state index contributed by atoms with van der Waals surface area (Å²) in [6.07, 6.45) is 0.936. The van der Waals surface area contributed by atoms with E-state index in [9.17, 15) is 8.42 Å². The van der Waals surface area contributed by atoms with Crippen molar-refractivity contribution < 1.29 is 8.42 Å². The van der Waals surface area contributed by atoms with Gasteiger partial charge in [-0.25, -0.2) is 0 Å². The Morgan fingerprint density at radius 3 is 1.88 bits per heavy atom. The second-order valence-electron chi connectivity index (χ2n) is 1.69. The van der Waals surface area contributed by atoms with Gasteiger partial charge in [-0.2, -0.15) is 12.7 Å². The van der Waals surface area contributed by atoms with Crippen LogP contribution in [0.15, 0.2) is 0 Å². The summed E-state index contributed by atoms with van der Waals surface area (Å²) in [6.45, 7) is 1.18. The Labute approximate surface area is 52.8 Å². The number of rotatable bonds is 1. The normalized spacial score (nSPS) is 22.6. The maximum atomic E-state index is 10.3. The van der Waals surface area contributed by atoms with Gasteiger partial charge in [0.05, 0.1) is 0 Å². The molecule has 48 valence electrons. The molecule has 0 saturated carbocycles. The lowest BCUT2D eigenvalue weighted by Crippen LogP contribution is -2.39. The summed E-state index contributed by atoms with van der Waals surface area (Å²) in [6, 6.07) is 0. The average molecular weight is 156 g/mol. The van der Waals surface area contributed by atoms with Crippen LogP contribution in [0.2, 0.25) is 0 Å². The fraction of sp³-hybridized carbons (Fsp3) is 1.00. The standard InChI is InChI=1S/C3H6ClNO2S/c4-8(6,7)5-2-1-3-5/h1-3H2. The molecule has 3 nitrogen and oxygen atoms in total. The minimum atomic E-state index is -3.36. The van der Waals surface area contributed by atoms with Crippen molar-refractivity contribution >= 4 is 19.9 Å². The molecule has 0 atom stereocenters. The van der Waals surface area contributed by atoms with Crippen molar-refractivity contribution in [1.29, 1.82) is 0 Å². The molecule has 0 unspecified atom stereocenters. The van der Waals surface area contributed by atoms with Crippen molar-refractivity contribution in [1.82, 2.24) is 4.31 Å². The van der Waals surface area contributed by atoms with E-state index in [1.807, 2.05) is 0 Å². The lowest BCUT2D eigenvalue weighted by Gasteiger charge is -2.25. The molecular formula is C3H6ClNO2S. The first-order chi connectivity index (χ1) is 3.61.